The molecule has 0 rings (SSSR count). The molecule has 2 nitrogen and oxygen atoms in total. The number of rotatable bonds is 1. The van der Waals surface area contributed by atoms with E-state index in [0.29, 0.717) is 11.9 Å². The van der Waals surface area contributed by atoms with Crippen LogP contribution in [0.1, 0.15) is 20.8 Å². The second-order valence-electron chi connectivity index (χ2n) is 1.92. The van der Waals surface area contributed by atoms with Gasteiger partial charge < -0.3 is 5.32 Å². The van der Waals surface area contributed by atoms with Crippen LogP contribution < -0.4 is 5.32 Å². The minimum absolute atomic E-state index is 0. The molecule has 50 valence electrons. The molecule has 2 N–H and O–H groups in total. The Hall–Kier alpha value is -0.240. The Kier molecular flexibility index (Phi) is 6.56. The maximum atomic E-state index is 6.91. The molecule has 0 heterocycles. The normalized spacial score (nSPS) is 8.00. The second-order valence-corrected chi connectivity index (χ2v) is 1.92. The van der Waals surface area contributed by atoms with E-state index in [9.17, 15) is 0 Å². The molecule has 0 radical (unpaired) electrons. The maximum absolute atomic E-state index is 6.91. The van der Waals surface area contributed by atoms with E-state index < -0.39 is 0 Å². The first-order chi connectivity index (χ1) is 3.13. The minimum Gasteiger partial charge on any atom is -0.372 e. The summed E-state index contributed by atoms with van der Waals surface area (Å²) in [5.74, 6) is 0.537. The fraction of sp³-hybridized carbons (Fsp3) is 0.800. The fourth-order valence-electron chi connectivity index (χ4n) is 0.433. The zero-order valence-electron chi connectivity index (χ0n) is 5.49. The lowest BCUT2D eigenvalue weighted by Crippen LogP contribution is -2.26. The summed E-state index contributed by atoms with van der Waals surface area (Å²) in [7, 11) is 0. The van der Waals surface area contributed by atoms with Gasteiger partial charge in [-0.2, -0.15) is 0 Å². The van der Waals surface area contributed by atoms with Gasteiger partial charge in [0.15, 0.2) is 0 Å². The van der Waals surface area contributed by atoms with Crippen molar-refractivity contribution < 1.29 is 0 Å². The SMILES string of the molecule is CC(=N)NC(C)C.Cl. The molecule has 0 saturated carbocycles. The predicted octanol–water partition coefficient (Wildman–Crippen LogP) is 1.40. The molecule has 0 fully saturated rings. The molecule has 0 atom stereocenters. The van der Waals surface area contributed by atoms with Crippen LogP contribution in [0.25, 0.3) is 0 Å². The predicted molar refractivity (Wildman–Crippen MR) is 38.9 cm³/mol. The minimum atomic E-state index is 0. The van der Waals surface area contributed by atoms with E-state index >= 15 is 0 Å². The van der Waals surface area contributed by atoms with Crippen LogP contribution in [0.2, 0.25) is 0 Å². The third-order valence-corrected chi connectivity index (χ3v) is 0.505. The van der Waals surface area contributed by atoms with E-state index in [1.165, 1.54) is 0 Å². The van der Waals surface area contributed by atoms with Crippen molar-refractivity contribution in [1.82, 2.24) is 5.32 Å². The van der Waals surface area contributed by atoms with Crippen LogP contribution >= 0.6 is 12.4 Å². The van der Waals surface area contributed by atoms with Crippen LogP contribution in [0, 0.1) is 5.41 Å². The lowest BCUT2D eigenvalue weighted by atomic mass is 10.4. The summed E-state index contributed by atoms with van der Waals surface area (Å²) < 4.78 is 0. The van der Waals surface area contributed by atoms with E-state index in [0.717, 1.165) is 0 Å². The van der Waals surface area contributed by atoms with Gasteiger partial charge in [0.25, 0.3) is 0 Å². The Morgan fingerprint density at radius 3 is 1.88 bits per heavy atom. The van der Waals surface area contributed by atoms with Crippen LogP contribution in [-0.4, -0.2) is 11.9 Å². The van der Waals surface area contributed by atoms with Gasteiger partial charge in [-0.05, 0) is 20.8 Å². The number of hydrogen-bond acceptors (Lipinski definition) is 1. The van der Waals surface area contributed by atoms with Crippen molar-refractivity contribution in [3.63, 3.8) is 0 Å². The second kappa shape index (κ2) is 4.91. The van der Waals surface area contributed by atoms with Crippen molar-refractivity contribution in [1.29, 1.82) is 5.41 Å². The van der Waals surface area contributed by atoms with E-state index in [4.69, 9.17) is 5.41 Å². The molecule has 0 aliphatic rings. The first-order valence-electron chi connectivity index (χ1n) is 2.44. The van der Waals surface area contributed by atoms with Gasteiger partial charge in [0.1, 0.15) is 0 Å². The molecule has 8 heavy (non-hydrogen) atoms. The largest absolute Gasteiger partial charge is 0.372 e. The average molecular weight is 137 g/mol. The highest BCUT2D eigenvalue weighted by molar-refractivity contribution is 5.85. The first kappa shape index (κ1) is 10.7. The summed E-state index contributed by atoms with van der Waals surface area (Å²) in [6.45, 7) is 5.76. The van der Waals surface area contributed by atoms with Crippen molar-refractivity contribution in [3.8, 4) is 0 Å². The molecule has 3 heteroatoms. The van der Waals surface area contributed by atoms with Crippen molar-refractivity contribution in [2.45, 2.75) is 26.8 Å². The molecule has 0 aliphatic heterocycles. The standard InChI is InChI=1S/C5H12N2.ClH/c1-4(2)7-5(3)6;/h4H,1-3H3,(H2,6,7);1H. The number of hydrogen-bond donors (Lipinski definition) is 2. The maximum Gasteiger partial charge on any atom is 0.0901 e. The van der Waals surface area contributed by atoms with Crippen molar-refractivity contribution >= 4 is 18.2 Å². The van der Waals surface area contributed by atoms with Gasteiger partial charge in [-0.1, -0.05) is 0 Å². The van der Waals surface area contributed by atoms with Gasteiger partial charge in [-0.15, -0.1) is 12.4 Å². The molecule has 0 amide bonds. The van der Waals surface area contributed by atoms with Crippen LogP contribution in [0.4, 0.5) is 0 Å². The van der Waals surface area contributed by atoms with E-state index in [-0.39, 0.29) is 12.4 Å². The quantitative estimate of drug-likeness (QED) is 0.415. The van der Waals surface area contributed by atoms with Crippen LogP contribution in [-0.2, 0) is 0 Å². The number of nitrogens with one attached hydrogen (secondary N) is 2. The summed E-state index contributed by atoms with van der Waals surface area (Å²) in [5.41, 5.74) is 0. The van der Waals surface area contributed by atoms with Gasteiger partial charge in [0, 0.05) is 6.04 Å². The Balaban J connectivity index is 0. The Bertz CT molecular complexity index is 70.8. The lowest BCUT2D eigenvalue weighted by Gasteiger charge is -2.04. The summed E-state index contributed by atoms with van der Waals surface area (Å²) in [4.78, 5) is 0. The van der Waals surface area contributed by atoms with Gasteiger partial charge >= 0.3 is 0 Å². The highest BCUT2D eigenvalue weighted by Gasteiger charge is 1.87. The first-order valence-corrected chi connectivity index (χ1v) is 2.44. The number of halogens is 1. The Morgan fingerprint density at radius 1 is 1.50 bits per heavy atom. The third-order valence-electron chi connectivity index (χ3n) is 0.505. The molecule has 0 aromatic carbocycles. The van der Waals surface area contributed by atoms with Crippen molar-refractivity contribution in [3.05, 3.63) is 0 Å². The van der Waals surface area contributed by atoms with Gasteiger partial charge in [-0.3, -0.25) is 5.41 Å². The molecule has 0 aliphatic carbocycles. The van der Waals surface area contributed by atoms with E-state index in [2.05, 4.69) is 5.32 Å². The third kappa shape index (κ3) is 9.23. The Morgan fingerprint density at radius 2 is 1.88 bits per heavy atom. The average Bonchev–Trinajstić information content (AvgIpc) is 1.27. The van der Waals surface area contributed by atoms with Gasteiger partial charge in [0.05, 0.1) is 5.84 Å². The monoisotopic (exact) mass is 136 g/mol. The lowest BCUT2D eigenvalue weighted by molar-refractivity contribution is 0.728. The summed E-state index contributed by atoms with van der Waals surface area (Å²) in [6, 6.07) is 0.400. The van der Waals surface area contributed by atoms with Crippen LogP contribution in [0.5, 0.6) is 0 Å². The molecule has 0 aromatic heterocycles. The molecule has 0 spiro atoms. The molecular formula is C5H13ClN2. The van der Waals surface area contributed by atoms with E-state index in [1.807, 2.05) is 13.8 Å². The molecular weight excluding hydrogens is 124 g/mol. The van der Waals surface area contributed by atoms with E-state index in [1.54, 1.807) is 6.92 Å². The fourth-order valence-corrected chi connectivity index (χ4v) is 0.433. The highest BCUT2D eigenvalue weighted by Crippen LogP contribution is 1.73. The topological polar surface area (TPSA) is 35.9 Å². The zero-order valence-corrected chi connectivity index (χ0v) is 6.30. The smallest absolute Gasteiger partial charge is 0.0901 e. The molecule has 0 unspecified atom stereocenters. The van der Waals surface area contributed by atoms with Gasteiger partial charge in [0.2, 0.25) is 0 Å². The Labute approximate surface area is 56.6 Å². The molecule has 0 bridgehead atoms. The van der Waals surface area contributed by atoms with Crippen molar-refractivity contribution in [2.75, 3.05) is 0 Å². The molecule has 0 aromatic rings. The van der Waals surface area contributed by atoms with Crippen LogP contribution in [0.15, 0.2) is 0 Å². The molecule has 0 saturated heterocycles. The van der Waals surface area contributed by atoms with Crippen LogP contribution in [0.3, 0.4) is 0 Å². The van der Waals surface area contributed by atoms with Crippen molar-refractivity contribution in [2.24, 2.45) is 0 Å². The summed E-state index contributed by atoms with van der Waals surface area (Å²) in [5, 5.41) is 9.80. The number of amidine groups is 1. The van der Waals surface area contributed by atoms with Gasteiger partial charge in [-0.25, -0.2) is 0 Å². The summed E-state index contributed by atoms with van der Waals surface area (Å²) in [6.07, 6.45) is 0. The highest BCUT2D eigenvalue weighted by atomic mass is 35.5. The zero-order chi connectivity index (χ0) is 5.86. The summed E-state index contributed by atoms with van der Waals surface area (Å²) >= 11 is 0.